The zero-order valence-electron chi connectivity index (χ0n) is 18.1. The number of rotatable bonds is 7. The van der Waals surface area contributed by atoms with Gasteiger partial charge in [0.2, 0.25) is 11.8 Å². The van der Waals surface area contributed by atoms with Crippen LogP contribution in [0.3, 0.4) is 0 Å². The van der Waals surface area contributed by atoms with Gasteiger partial charge >= 0.3 is 0 Å². The molecule has 0 spiro atoms. The Kier molecular flexibility index (Phi) is 7.82. The van der Waals surface area contributed by atoms with Gasteiger partial charge in [0.05, 0.1) is 18.8 Å². The molecule has 9 heteroatoms. The molecule has 32 heavy (non-hydrogen) atoms. The van der Waals surface area contributed by atoms with Crippen molar-refractivity contribution in [3.63, 3.8) is 0 Å². The summed E-state index contributed by atoms with van der Waals surface area (Å²) in [6.07, 6.45) is 0. The van der Waals surface area contributed by atoms with Gasteiger partial charge in [-0.15, -0.1) is 0 Å². The Bertz CT molecular complexity index is 1020. The van der Waals surface area contributed by atoms with E-state index in [2.05, 4.69) is 10.6 Å². The maximum absolute atomic E-state index is 14.4. The van der Waals surface area contributed by atoms with E-state index in [0.717, 1.165) is 5.56 Å². The van der Waals surface area contributed by atoms with Crippen molar-refractivity contribution in [2.45, 2.75) is 13.8 Å². The molecule has 0 aliphatic carbocycles. The molecule has 0 saturated carbocycles. The lowest BCUT2D eigenvalue weighted by Crippen LogP contribution is -2.50. The third-order valence-electron chi connectivity index (χ3n) is 5.42. The van der Waals surface area contributed by atoms with Crippen LogP contribution in [0.25, 0.3) is 0 Å². The first-order valence-corrected chi connectivity index (χ1v) is 10.7. The summed E-state index contributed by atoms with van der Waals surface area (Å²) in [4.78, 5) is 39.6. The SMILES string of the molecule is CC(=O)c1ccc(N2CCN(CC(=O)NCC(=O)Nc3cccc(Cl)c3C)CC2)c(F)c1. The van der Waals surface area contributed by atoms with E-state index in [1.54, 1.807) is 37.3 Å². The molecule has 170 valence electrons. The summed E-state index contributed by atoms with van der Waals surface area (Å²) in [5.41, 5.74) is 2.17. The number of carbonyl (C=O) groups is 3. The van der Waals surface area contributed by atoms with Crippen LogP contribution < -0.4 is 15.5 Å². The highest BCUT2D eigenvalue weighted by Gasteiger charge is 2.21. The molecular weight excluding hydrogens is 435 g/mol. The fourth-order valence-electron chi connectivity index (χ4n) is 3.50. The molecule has 0 bridgehead atoms. The molecule has 7 nitrogen and oxygen atoms in total. The molecule has 2 amide bonds. The van der Waals surface area contributed by atoms with E-state index in [0.29, 0.717) is 48.1 Å². The standard InChI is InChI=1S/C23H26ClFN4O3/c1-15-18(24)4-3-5-20(15)27-22(31)13-26-23(32)14-28-8-10-29(11-9-28)21-7-6-17(16(2)30)12-19(21)25/h3-7,12H,8-11,13-14H2,1-2H3,(H,26,32)(H,27,31). The molecule has 1 aliphatic heterocycles. The van der Waals surface area contributed by atoms with Crippen molar-refractivity contribution in [1.82, 2.24) is 10.2 Å². The highest BCUT2D eigenvalue weighted by atomic mass is 35.5. The largest absolute Gasteiger partial charge is 0.367 e. The third-order valence-corrected chi connectivity index (χ3v) is 5.83. The van der Waals surface area contributed by atoms with Crippen LogP contribution in [0.2, 0.25) is 5.02 Å². The molecule has 0 radical (unpaired) electrons. The Morgan fingerprint density at radius 3 is 2.44 bits per heavy atom. The minimum absolute atomic E-state index is 0.140. The van der Waals surface area contributed by atoms with Crippen molar-refractivity contribution >= 4 is 40.6 Å². The number of hydrogen-bond acceptors (Lipinski definition) is 5. The molecule has 1 saturated heterocycles. The van der Waals surface area contributed by atoms with Crippen molar-refractivity contribution in [2.24, 2.45) is 0 Å². The minimum atomic E-state index is -0.426. The number of carbonyl (C=O) groups excluding carboxylic acids is 3. The second-order valence-electron chi connectivity index (χ2n) is 7.72. The molecule has 1 fully saturated rings. The molecule has 1 heterocycles. The first-order chi connectivity index (χ1) is 15.2. The van der Waals surface area contributed by atoms with Gasteiger partial charge in [-0.05, 0) is 49.7 Å². The van der Waals surface area contributed by atoms with E-state index in [1.165, 1.54) is 13.0 Å². The molecule has 0 aromatic heterocycles. The average Bonchev–Trinajstić information content (AvgIpc) is 2.76. The monoisotopic (exact) mass is 460 g/mol. The number of ketones is 1. The lowest BCUT2D eigenvalue weighted by atomic mass is 10.1. The predicted molar refractivity (Wildman–Crippen MR) is 123 cm³/mol. The third kappa shape index (κ3) is 6.05. The fourth-order valence-corrected chi connectivity index (χ4v) is 3.68. The Morgan fingerprint density at radius 1 is 1.06 bits per heavy atom. The van der Waals surface area contributed by atoms with Crippen molar-refractivity contribution in [2.75, 3.05) is 49.5 Å². The average molecular weight is 461 g/mol. The summed E-state index contributed by atoms with van der Waals surface area (Å²) in [7, 11) is 0. The van der Waals surface area contributed by atoms with Gasteiger partial charge < -0.3 is 15.5 Å². The molecule has 0 unspecified atom stereocenters. The van der Waals surface area contributed by atoms with Gasteiger partial charge in [0, 0.05) is 42.5 Å². The molecule has 0 atom stereocenters. The molecule has 2 N–H and O–H groups in total. The first-order valence-electron chi connectivity index (χ1n) is 10.3. The molecule has 3 rings (SSSR count). The van der Waals surface area contributed by atoms with Gasteiger partial charge in [0.25, 0.3) is 0 Å². The van der Waals surface area contributed by atoms with Gasteiger partial charge in [-0.2, -0.15) is 0 Å². The molecular formula is C23H26ClFN4O3. The number of piperazine rings is 1. The van der Waals surface area contributed by atoms with Crippen LogP contribution in [-0.2, 0) is 9.59 Å². The van der Waals surface area contributed by atoms with Crippen LogP contribution in [0.1, 0.15) is 22.8 Å². The van der Waals surface area contributed by atoms with E-state index >= 15 is 0 Å². The van der Waals surface area contributed by atoms with Gasteiger partial charge in [-0.1, -0.05) is 17.7 Å². The Labute approximate surface area is 191 Å². The molecule has 2 aromatic carbocycles. The first kappa shape index (κ1) is 23.7. The Balaban J connectivity index is 1.43. The number of Topliss-reactive ketones (excluding diaryl/α,β-unsaturated/α-hetero) is 1. The van der Waals surface area contributed by atoms with Crippen LogP contribution in [0.5, 0.6) is 0 Å². The summed E-state index contributed by atoms with van der Waals surface area (Å²) in [5.74, 6) is -1.20. The van der Waals surface area contributed by atoms with Gasteiger partial charge in [0.15, 0.2) is 5.78 Å². The summed E-state index contributed by atoms with van der Waals surface area (Å²) in [5, 5.41) is 5.91. The normalized spacial score (nSPS) is 14.2. The zero-order valence-corrected chi connectivity index (χ0v) is 18.8. The Morgan fingerprint density at radius 2 is 1.78 bits per heavy atom. The van der Waals surface area contributed by atoms with Crippen LogP contribution in [-0.4, -0.2) is 61.8 Å². The number of anilines is 2. The number of amides is 2. The maximum atomic E-state index is 14.4. The van der Waals surface area contributed by atoms with Crippen molar-refractivity contribution in [3.8, 4) is 0 Å². The smallest absolute Gasteiger partial charge is 0.243 e. The maximum Gasteiger partial charge on any atom is 0.243 e. The number of hydrogen-bond donors (Lipinski definition) is 2. The number of nitrogens with zero attached hydrogens (tertiary/aromatic N) is 2. The highest BCUT2D eigenvalue weighted by Crippen LogP contribution is 2.23. The van der Waals surface area contributed by atoms with Crippen molar-refractivity contribution in [1.29, 1.82) is 0 Å². The number of benzene rings is 2. The van der Waals surface area contributed by atoms with Gasteiger partial charge in [-0.25, -0.2) is 4.39 Å². The summed E-state index contributed by atoms with van der Waals surface area (Å²) >= 11 is 6.05. The summed E-state index contributed by atoms with van der Waals surface area (Å²) in [6.45, 7) is 5.49. The number of halogens is 2. The predicted octanol–water partition coefficient (Wildman–Crippen LogP) is 2.87. The van der Waals surface area contributed by atoms with Crippen LogP contribution >= 0.6 is 11.6 Å². The molecule has 2 aromatic rings. The van der Waals surface area contributed by atoms with E-state index in [-0.39, 0.29) is 30.7 Å². The van der Waals surface area contributed by atoms with Crippen LogP contribution in [0.15, 0.2) is 36.4 Å². The van der Waals surface area contributed by atoms with Crippen LogP contribution in [0.4, 0.5) is 15.8 Å². The van der Waals surface area contributed by atoms with E-state index in [1.807, 2.05) is 9.80 Å². The topological polar surface area (TPSA) is 81.8 Å². The quantitative estimate of drug-likeness (QED) is 0.621. The Hall–Kier alpha value is -2.97. The molecule has 1 aliphatic rings. The van der Waals surface area contributed by atoms with Crippen molar-refractivity contribution in [3.05, 3.63) is 58.4 Å². The fraction of sp³-hybridized carbons (Fsp3) is 0.348. The van der Waals surface area contributed by atoms with E-state index in [4.69, 9.17) is 11.6 Å². The minimum Gasteiger partial charge on any atom is -0.367 e. The van der Waals surface area contributed by atoms with E-state index in [9.17, 15) is 18.8 Å². The van der Waals surface area contributed by atoms with E-state index < -0.39 is 5.82 Å². The lowest BCUT2D eigenvalue weighted by molar-refractivity contribution is -0.125. The highest BCUT2D eigenvalue weighted by molar-refractivity contribution is 6.31. The van der Waals surface area contributed by atoms with Gasteiger partial charge in [-0.3, -0.25) is 19.3 Å². The van der Waals surface area contributed by atoms with Gasteiger partial charge in [0.1, 0.15) is 5.82 Å². The second kappa shape index (κ2) is 10.6. The lowest BCUT2D eigenvalue weighted by Gasteiger charge is -2.35. The van der Waals surface area contributed by atoms with Crippen molar-refractivity contribution < 1.29 is 18.8 Å². The second-order valence-corrected chi connectivity index (χ2v) is 8.13. The summed E-state index contributed by atoms with van der Waals surface area (Å²) < 4.78 is 14.4. The zero-order chi connectivity index (χ0) is 23.3. The summed E-state index contributed by atoms with van der Waals surface area (Å²) in [6, 6.07) is 9.73. The number of nitrogens with one attached hydrogen (secondary N) is 2. The van der Waals surface area contributed by atoms with Crippen LogP contribution in [0, 0.1) is 12.7 Å².